The summed E-state index contributed by atoms with van der Waals surface area (Å²) in [7, 11) is 0. The molecule has 0 aliphatic carbocycles. The number of benzene rings is 3. The van der Waals surface area contributed by atoms with Crippen molar-refractivity contribution in [1.29, 1.82) is 0 Å². The van der Waals surface area contributed by atoms with Crippen LogP contribution in [0.15, 0.2) is 66.7 Å². The van der Waals surface area contributed by atoms with E-state index in [1.165, 1.54) is 22.5 Å². The lowest BCUT2D eigenvalue weighted by Crippen LogP contribution is -2.11. The van der Waals surface area contributed by atoms with Gasteiger partial charge >= 0.3 is 0 Å². The molecule has 0 spiro atoms. The number of aromatic nitrogens is 1. The summed E-state index contributed by atoms with van der Waals surface area (Å²) in [6, 6.07) is 21.7. The Bertz CT molecular complexity index is 1070. The molecule has 0 atom stereocenters. The number of amides is 1. The molecule has 1 aromatic heterocycles. The summed E-state index contributed by atoms with van der Waals surface area (Å²) >= 11 is 7.63. The van der Waals surface area contributed by atoms with Crippen molar-refractivity contribution in [2.24, 2.45) is 0 Å². The quantitative estimate of drug-likeness (QED) is 0.455. The van der Waals surface area contributed by atoms with Crippen LogP contribution in [-0.4, -0.2) is 10.9 Å². The number of halogens is 1. The molecule has 0 saturated heterocycles. The topological polar surface area (TPSA) is 42.0 Å². The van der Waals surface area contributed by atoms with Crippen LogP contribution in [0, 0.1) is 6.92 Å². The number of hydrogen-bond donors (Lipinski definition) is 1. The van der Waals surface area contributed by atoms with E-state index in [1.54, 1.807) is 0 Å². The van der Waals surface area contributed by atoms with Crippen LogP contribution in [-0.2, 0) is 6.42 Å². The van der Waals surface area contributed by atoms with Gasteiger partial charge in [-0.05, 0) is 48.2 Å². The summed E-state index contributed by atoms with van der Waals surface area (Å²) in [6.07, 6.45) is 0.846. The largest absolute Gasteiger partial charge is 0.298 e. The first-order valence-corrected chi connectivity index (χ1v) is 9.79. The highest BCUT2D eigenvalue weighted by atomic mass is 35.5. The predicted molar refractivity (Wildman–Crippen MR) is 113 cm³/mol. The number of carbonyl (C=O) groups excluding carboxylic acids is 1. The SMILES string of the molecule is Cc1ccc(Cl)c2sc(NC(=O)c3ccc(Cc4ccccc4)cc3)nc12. The van der Waals surface area contributed by atoms with Crippen molar-refractivity contribution >= 4 is 44.2 Å². The van der Waals surface area contributed by atoms with E-state index in [0.717, 1.165) is 22.2 Å². The minimum absolute atomic E-state index is 0.172. The Balaban J connectivity index is 1.50. The molecule has 0 saturated carbocycles. The molecule has 1 amide bonds. The Hall–Kier alpha value is -2.69. The number of nitrogens with zero attached hydrogens (tertiary/aromatic N) is 1. The fourth-order valence-corrected chi connectivity index (χ4v) is 4.14. The molecule has 3 aromatic carbocycles. The molecule has 3 nitrogen and oxygen atoms in total. The van der Waals surface area contributed by atoms with E-state index >= 15 is 0 Å². The van der Waals surface area contributed by atoms with E-state index < -0.39 is 0 Å². The Morgan fingerprint density at radius 2 is 1.70 bits per heavy atom. The molecule has 1 N–H and O–H groups in total. The fourth-order valence-electron chi connectivity index (χ4n) is 2.93. The summed E-state index contributed by atoms with van der Waals surface area (Å²) < 4.78 is 0.894. The lowest BCUT2D eigenvalue weighted by atomic mass is 10.0. The molecule has 4 aromatic rings. The third-order valence-electron chi connectivity index (χ3n) is 4.38. The van der Waals surface area contributed by atoms with E-state index in [1.807, 2.05) is 61.5 Å². The number of rotatable bonds is 4. The van der Waals surface area contributed by atoms with E-state index in [2.05, 4.69) is 22.4 Å². The number of fused-ring (bicyclic) bond motifs is 1. The summed E-state index contributed by atoms with van der Waals surface area (Å²) in [5.41, 5.74) is 4.89. The molecule has 0 fully saturated rings. The number of carbonyl (C=O) groups is 1. The standard InChI is InChI=1S/C22H17ClN2OS/c1-14-7-12-18(23)20-19(14)24-22(27-20)25-21(26)17-10-8-16(9-11-17)13-15-5-3-2-4-6-15/h2-12H,13H2,1H3,(H,24,25,26). The van der Waals surface area contributed by atoms with Crippen molar-refractivity contribution in [3.63, 3.8) is 0 Å². The normalized spacial score (nSPS) is 10.9. The highest BCUT2D eigenvalue weighted by Gasteiger charge is 2.13. The van der Waals surface area contributed by atoms with Crippen LogP contribution >= 0.6 is 22.9 Å². The Labute approximate surface area is 166 Å². The number of nitrogens with one attached hydrogen (secondary N) is 1. The zero-order chi connectivity index (χ0) is 18.8. The Morgan fingerprint density at radius 3 is 2.41 bits per heavy atom. The van der Waals surface area contributed by atoms with Gasteiger partial charge in [-0.2, -0.15) is 0 Å². The monoisotopic (exact) mass is 392 g/mol. The van der Waals surface area contributed by atoms with Crippen LogP contribution in [0.5, 0.6) is 0 Å². The van der Waals surface area contributed by atoms with Gasteiger partial charge in [-0.25, -0.2) is 4.98 Å². The average molecular weight is 393 g/mol. The van der Waals surface area contributed by atoms with Gasteiger partial charge in [-0.15, -0.1) is 0 Å². The van der Waals surface area contributed by atoms with Gasteiger partial charge in [0.1, 0.15) is 0 Å². The third kappa shape index (κ3) is 3.87. The van der Waals surface area contributed by atoms with E-state index in [-0.39, 0.29) is 5.91 Å². The molecule has 0 aliphatic rings. The molecule has 0 unspecified atom stereocenters. The van der Waals surface area contributed by atoms with Gasteiger partial charge in [0.25, 0.3) is 5.91 Å². The van der Waals surface area contributed by atoms with Gasteiger partial charge in [0.2, 0.25) is 0 Å². The first-order valence-electron chi connectivity index (χ1n) is 8.60. The van der Waals surface area contributed by atoms with Gasteiger partial charge in [0.15, 0.2) is 5.13 Å². The van der Waals surface area contributed by atoms with Crippen LogP contribution in [0.25, 0.3) is 10.2 Å². The van der Waals surface area contributed by atoms with Gasteiger partial charge in [-0.1, -0.05) is 71.5 Å². The molecule has 4 rings (SSSR count). The van der Waals surface area contributed by atoms with Crippen molar-refractivity contribution in [3.8, 4) is 0 Å². The highest BCUT2D eigenvalue weighted by molar-refractivity contribution is 7.23. The zero-order valence-electron chi connectivity index (χ0n) is 14.7. The number of thiazole rings is 1. The number of anilines is 1. The molecule has 5 heteroatoms. The second kappa shape index (κ2) is 7.51. The molecule has 0 bridgehead atoms. The maximum atomic E-state index is 12.6. The zero-order valence-corrected chi connectivity index (χ0v) is 16.3. The van der Waals surface area contributed by atoms with Crippen LogP contribution in [0.2, 0.25) is 5.02 Å². The molecule has 0 aliphatic heterocycles. The van der Waals surface area contributed by atoms with Gasteiger partial charge in [-0.3, -0.25) is 10.1 Å². The third-order valence-corrected chi connectivity index (χ3v) is 5.82. The minimum Gasteiger partial charge on any atom is -0.298 e. The van der Waals surface area contributed by atoms with Crippen LogP contribution in [0.3, 0.4) is 0 Å². The van der Waals surface area contributed by atoms with Gasteiger partial charge in [0, 0.05) is 5.56 Å². The maximum absolute atomic E-state index is 12.6. The summed E-state index contributed by atoms with van der Waals surface area (Å²) in [5, 5.41) is 4.09. The summed E-state index contributed by atoms with van der Waals surface area (Å²) in [4.78, 5) is 17.1. The summed E-state index contributed by atoms with van der Waals surface area (Å²) in [6.45, 7) is 1.98. The molecule has 1 heterocycles. The van der Waals surface area contributed by atoms with Crippen molar-refractivity contribution in [1.82, 2.24) is 4.98 Å². The Kier molecular flexibility index (Phi) is 4.92. The second-order valence-corrected chi connectivity index (χ2v) is 7.78. The van der Waals surface area contributed by atoms with Crippen molar-refractivity contribution in [3.05, 3.63) is 94.0 Å². The smallest absolute Gasteiger partial charge is 0.257 e. The molecule has 134 valence electrons. The fraction of sp³-hybridized carbons (Fsp3) is 0.0909. The molecular weight excluding hydrogens is 376 g/mol. The van der Waals surface area contributed by atoms with E-state index in [9.17, 15) is 4.79 Å². The van der Waals surface area contributed by atoms with Crippen molar-refractivity contribution in [2.45, 2.75) is 13.3 Å². The lowest BCUT2D eigenvalue weighted by Gasteiger charge is -2.05. The van der Waals surface area contributed by atoms with Crippen molar-refractivity contribution < 1.29 is 4.79 Å². The first-order chi connectivity index (χ1) is 13.1. The van der Waals surface area contributed by atoms with E-state index in [0.29, 0.717) is 15.7 Å². The average Bonchev–Trinajstić information content (AvgIpc) is 3.11. The predicted octanol–water partition coefficient (Wildman–Crippen LogP) is 6.10. The van der Waals surface area contributed by atoms with Gasteiger partial charge in [0.05, 0.1) is 15.2 Å². The minimum atomic E-state index is -0.172. The number of hydrogen-bond acceptors (Lipinski definition) is 3. The lowest BCUT2D eigenvalue weighted by molar-refractivity contribution is 0.102. The molecule has 27 heavy (non-hydrogen) atoms. The number of aryl methyl sites for hydroxylation is 1. The van der Waals surface area contributed by atoms with E-state index in [4.69, 9.17) is 11.6 Å². The maximum Gasteiger partial charge on any atom is 0.257 e. The Morgan fingerprint density at radius 1 is 1.00 bits per heavy atom. The molecular formula is C22H17ClN2OS. The summed E-state index contributed by atoms with van der Waals surface area (Å²) in [5.74, 6) is -0.172. The molecule has 0 radical (unpaired) electrons. The highest BCUT2D eigenvalue weighted by Crippen LogP contribution is 2.34. The van der Waals surface area contributed by atoms with Crippen LogP contribution in [0.1, 0.15) is 27.0 Å². The van der Waals surface area contributed by atoms with Crippen LogP contribution < -0.4 is 5.32 Å². The first kappa shape index (κ1) is 17.7. The van der Waals surface area contributed by atoms with Crippen LogP contribution in [0.4, 0.5) is 5.13 Å². The second-order valence-electron chi connectivity index (χ2n) is 6.37. The van der Waals surface area contributed by atoms with Crippen molar-refractivity contribution in [2.75, 3.05) is 5.32 Å². The van der Waals surface area contributed by atoms with Gasteiger partial charge < -0.3 is 0 Å².